The van der Waals surface area contributed by atoms with E-state index in [1.165, 1.54) is 0 Å². The minimum Gasteiger partial charge on any atom is -0.461 e. The van der Waals surface area contributed by atoms with Crippen molar-refractivity contribution in [3.63, 3.8) is 0 Å². The molecule has 1 aromatic carbocycles. The SMILES string of the molecule is CCOC(=O)c1nc2cc[s+](-c3ccccc3)c2nc1N. The lowest BCUT2D eigenvalue weighted by atomic mass is 10.4. The van der Waals surface area contributed by atoms with E-state index < -0.39 is 5.97 Å². The van der Waals surface area contributed by atoms with Crippen LogP contribution in [-0.2, 0) is 4.74 Å². The summed E-state index contributed by atoms with van der Waals surface area (Å²) in [5.74, 6) is -0.422. The van der Waals surface area contributed by atoms with Crippen molar-refractivity contribution < 1.29 is 9.53 Å². The fourth-order valence-electron chi connectivity index (χ4n) is 2.02. The first kappa shape index (κ1) is 13.5. The molecule has 3 rings (SSSR count). The Morgan fingerprint density at radius 1 is 1.24 bits per heavy atom. The highest BCUT2D eigenvalue weighted by atomic mass is 32.2. The van der Waals surface area contributed by atoms with E-state index in [0.717, 1.165) is 9.73 Å². The van der Waals surface area contributed by atoms with Gasteiger partial charge in [-0.05, 0) is 19.1 Å². The molecule has 1 atom stereocenters. The Labute approximate surface area is 124 Å². The summed E-state index contributed by atoms with van der Waals surface area (Å²) in [6, 6.07) is 11.9. The van der Waals surface area contributed by atoms with Gasteiger partial charge in [0.05, 0.1) is 6.61 Å². The van der Waals surface area contributed by atoms with Crippen LogP contribution in [0.5, 0.6) is 0 Å². The molecular formula is C15H14N3O2S+. The normalized spacial score (nSPS) is 11.6. The molecule has 0 radical (unpaired) electrons. The monoisotopic (exact) mass is 300 g/mol. The maximum absolute atomic E-state index is 11.8. The Morgan fingerprint density at radius 2 is 2.00 bits per heavy atom. The Bertz CT molecular complexity index is 799. The molecule has 6 heteroatoms. The summed E-state index contributed by atoms with van der Waals surface area (Å²) in [4.78, 5) is 22.4. The number of esters is 1. The zero-order valence-electron chi connectivity index (χ0n) is 11.4. The number of nitrogens with two attached hydrogens (primary N) is 1. The third kappa shape index (κ3) is 2.45. The molecule has 0 aliphatic carbocycles. The Morgan fingerprint density at radius 3 is 2.71 bits per heavy atom. The lowest BCUT2D eigenvalue weighted by Crippen LogP contribution is -2.11. The lowest BCUT2D eigenvalue weighted by molar-refractivity contribution is 0.0521. The number of nitrogens with zero attached hydrogens (tertiary/aromatic N) is 2. The number of thiophene rings is 1. The predicted octanol–water partition coefficient (Wildman–Crippen LogP) is 3.13. The van der Waals surface area contributed by atoms with Crippen molar-refractivity contribution in [1.29, 1.82) is 0 Å². The van der Waals surface area contributed by atoms with Crippen LogP contribution in [0.4, 0.5) is 5.82 Å². The largest absolute Gasteiger partial charge is 0.461 e. The second-order valence-electron chi connectivity index (χ2n) is 4.32. The molecule has 0 spiro atoms. The van der Waals surface area contributed by atoms with Crippen molar-refractivity contribution in [3.05, 3.63) is 47.5 Å². The number of carbonyl (C=O) groups excluding carboxylic acids is 1. The first-order valence-electron chi connectivity index (χ1n) is 6.51. The fourth-order valence-corrected chi connectivity index (χ4v) is 3.78. The molecule has 3 aromatic rings. The molecule has 1 unspecified atom stereocenters. The zero-order chi connectivity index (χ0) is 14.8. The summed E-state index contributed by atoms with van der Waals surface area (Å²) >= 11 is 0. The molecule has 2 heterocycles. The summed E-state index contributed by atoms with van der Waals surface area (Å²) < 4.78 is 4.94. The summed E-state index contributed by atoms with van der Waals surface area (Å²) in [5, 5.41) is 2.04. The number of fused-ring (bicyclic) bond motifs is 1. The number of benzene rings is 1. The second kappa shape index (κ2) is 5.49. The van der Waals surface area contributed by atoms with E-state index in [2.05, 4.69) is 9.97 Å². The molecule has 0 saturated heterocycles. The Balaban J connectivity index is 2.13. The Kier molecular flexibility index (Phi) is 3.53. The van der Waals surface area contributed by atoms with Gasteiger partial charge in [0.25, 0.3) is 4.83 Å². The smallest absolute Gasteiger partial charge is 0.360 e. The third-order valence-electron chi connectivity index (χ3n) is 2.95. The summed E-state index contributed by atoms with van der Waals surface area (Å²) in [5.41, 5.74) is 6.63. The first-order valence-corrected chi connectivity index (χ1v) is 7.80. The van der Waals surface area contributed by atoms with Crippen LogP contribution in [0.1, 0.15) is 17.4 Å². The van der Waals surface area contributed by atoms with E-state index in [0.29, 0.717) is 5.52 Å². The first-order chi connectivity index (χ1) is 10.2. The van der Waals surface area contributed by atoms with Crippen molar-refractivity contribution in [2.45, 2.75) is 6.92 Å². The number of hydrogen-bond donors (Lipinski definition) is 1. The summed E-state index contributed by atoms with van der Waals surface area (Å²) in [7, 11) is -0.287. The van der Waals surface area contributed by atoms with Gasteiger partial charge >= 0.3 is 5.97 Å². The van der Waals surface area contributed by atoms with E-state index in [4.69, 9.17) is 10.5 Å². The maximum Gasteiger partial charge on any atom is 0.360 e. The van der Waals surface area contributed by atoms with Crippen LogP contribution in [0.3, 0.4) is 0 Å². The quantitative estimate of drug-likeness (QED) is 0.594. The average Bonchev–Trinajstić information content (AvgIpc) is 2.90. The van der Waals surface area contributed by atoms with Crippen LogP contribution in [0, 0.1) is 0 Å². The van der Waals surface area contributed by atoms with Gasteiger partial charge in [-0.2, -0.15) is 4.98 Å². The number of rotatable bonds is 3. The molecule has 0 saturated carbocycles. The maximum atomic E-state index is 11.8. The highest BCUT2D eigenvalue weighted by Gasteiger charge is 2.23. The number of ether oxygens (including phenoxy) is 1. The van der Waals surface area contributed by atoms with Gasteiger partial charge in [0.2, 0.25) is 0 Å². The molecule has 0 bridgehead atoms. The van der Waals surface area contributed by atoms with Crippen molar-refractivity contribution in [1.82, 2.24) is 9.97 Å². The van der Waals surface area contributed by atoms with E-state index >= 15 is 0 Å². The lowest BCUT2D eigenvalue weighted by Gasteiger charge is -2.02. The predicted molar refractivity (Wildman–Crippen MR) is 83.7 cm³/mol. The summed E-state index contributed by atoms with van der Waals surface area (Å²) in [6.07, 6.45) is 0. The molecule has 21 heavy (non-hydrogen) atoms. The highest BCUT2D eigenvalue weighted by Crippen LogP contribution is 2.38. The fraction of sp³-hybridized carbons (Fsp3) is 0.133. The number of hydrogen-bond acceptors (Lipinski definition) is 5. The van der Waals surface area contributed by atoms with Crippen LogP contribution in [0.2, 0.25) is 0 Å². The molecular weight excluding hydrogens is 286 g/mol. The number of aromatic nitrogens is 2. The molecule has 0 aliphatic rings. The average molecular weight is 300 g/mol. The number of nitrogen functional groups attached to an aromatic ring is 1. The van der Waals surface area contributed by atoms with Gasteiger partial charge in [-0.3, -0.25) is 0 Å². The van der Waals surface area contributed by atoms with Crippen molar-refractivity contribution >= 4 is 32.6 Å². The van der Waals surface area contributed by atoms with Gasteiger partial charge in [0.1, 0.15) is 10.9 Å². The van der Waals surface area contributed by atoms with Gasteiger partial charge in [-0.15, -0.1) is 0 Å². The van der Waals surface area contributed by atoms with Gasteiger partial charge in [0, 0.05) is 16.5 Å². The molecule has 5 nitrogen and oxygen atoms in total. The van der Waals surface area contributed by atoms with Crippen molar-refractivity contribution in [3.8, 4) is 4.90 Å². The number of anilines is 1. The van der Waals surface area contributed by atoms with E-state index in [9.17, 15) is 4.79 Å². The van der Waals surface area contributed by atoms with E-state index in [1.54, 1.807) is 6.92 Å². The standard InChI is InChI=1S/C15H13N3O2S/c1-2-20-15(19)12-13(16)18-14-11(17-12)8-9-21(14)10-6-4-3-5-7-10/h3-9H,2H2,1H3,(H-,16,18,19)/p+1. The second-order valence-corrected chi connectivity index (χ2v) is 6.13. The molecule has 2 N–H and O–H groups in total. The Hall–Kier alpha value is -2.47. The molecule has 0 fully saturated rings. The van der Waals surface area contributed by atoms with Crippen molar-refractivity contribution in [2.75, 3.05) is 12.3 Å². The van der Waals surface area contributed by atoms with Gasteiger partial charge in [0.15, 0.2) is 16.4 Å². The van der Waals surface area contributed by atoms with Crippen LogP contribution < -0.4 is 5.73 Å². The number of carbonyl (C=O) groups is 1. The van der Waals surface area contributed by atoms with Crippen LogP contribution in [0.25, 0.3) is 15.2 Å². The highest BCUT2D eigenvalue weighted by molar-refractivity contribution is 7.43. The minimum absolute atomic E-state index is 0.0822. The van der Waals surface area contributed by atoms with Gasteiger partial charge in [-0.25, -0.2) is 9.78 Å². The van der Waals surface area contributed by atoms with Crippen LogP contribution in [-0.4, -0.2) is 22.5 Å². The van der Waals surface area contributed by atoms with E-state index in [1.807, 2.05) is 41.8 Å². The zero-order valence-corrected chi connectivity index (χ0v) is 12.3. The summed E-state index contributed by atoms with van der Waals surface area (Å²) in [6.45, 7) is 2.02. The third-order valence-corrected chi connectivity index (χ3v) is 4.86. The van der Waals surface area contributed by atoms with Crippen LogP contribution >= 0.6 is 10.5 Å². The van der Waals surface area contributed by atoms with E-state index in [-0.39, 0.29) is 28.6 Å². The molecule has 2 aromatic heterocycles. The minimum atomic E-state index is -0.537. The van der Waals surface area contributed by atoms with Crippen LogP contribution in [0.15, 0.2) is 41.8 Å². The van der Waals surface area contributed by atoms with Gasteiger partial charge < -0.3 is 10.5 Å². The van der Waals surface area contributed by atoms with Crippen molar-refractivity contribution in [2.24, 2.45) is 0 Å². The molecule has 0 amide bonds. The topological polar surface area (TPSA) is 78.1 Å². The molecule has 0 aliphatic heterocycles. The molecule has 106 valence electrons. The van der Waals surface area contributed by atoms with Gasteiger partial charge in [-0.1, -0.05) is 18.2 Å².